The van der Waals surface area contributed by atoms with Gasteiger partial charge >= 0.3 is 5.97 Å². The molecule has 0 bridgehead atoms. The van der Waals surface area contributed by atoms with Crippen molar-refractivity contribution in [1.29, 1.82) is 0 Å². The van der Waals surface area contributed by atoms with Crippen LogP contribution in [0.25, 0.3) is 0 Å². The molecule has 0 unspecified atom stereocenters. The zero-order valence-electron chi connectivity index (χ0n) is 39.7. The van der Waals surface area contributed by atoms with Crippen LogP contribution in [0.3, 0.4) is 0 Å². The van der Waals surface area contributed by atoms with Gasteiger partial charge in [-0.15, -0.1) is 0 Å². The van der Waals surface area contributed by atoms with E-state index in [1.54, 1.807) is 0 Å². The number of carbonyl (C=O) groups is 2. The Morgan fingerprint density at radius 1 is 0.742 bits per heavy atom. The average Bonchev–Trinajstić information content (AvgIpc) is 3.23. The van der Waals surface area contributed by atoms with E-state index in [0.717, 1.165) is 38.5 Å². The summed E-state index contributed by atoms with van der Waals surface area (Å²) < 4.78 is 36.0. The molecule has 4 saturated carbocycles. The zero-order valence-corrected chi connectivity index (χ0v) is 39.7. The lowest BCUT2D eigenvalue weighted by molar-refractivity contribution is -0.352. The van der Waals surface area contributed by atoms with Crippen LogP contribution in [0, 0.1) is 50.2 Å². The SMILES string of the molecule is CC(=O)N[C@H]1[C@H](O[C@H]2CC[C@]3(C)[C@H]4CC=C5[C@@H]6CC(C)(C)CC[C@]6(C(=O)O)[C@H](O)C[C@@]5(C)[C@]4(C)CC[C@H]3C2(C)C)O[C@H](CO[C@H]2OC[C@H](O)[C@H](O)[C@H]2O[C@@H]2OC[C@@H](O)[C@H](O)[C@H]2O)[C@@H](O)[C@@H]1O. The molecule has 0 aromatic rings. The van der Waals surface area contributed by atoms with Crippen LogP contribution in [0.5, 0.6) is 0 Å². The minimum atomic E-state index is -1.71. The summed E-state index contributed by atoms with van der Waals surface area (Å²) in [7, 11) is 0. The van der Waals surface area contributed by atoms with Crippen LogP contribution in [0.2, 0.25) is 0 Å². The molecule has 18 heteroatoms. The van der Waals surface area contributed by atoms with Gasteiger partial charge in [0.05, 0.1) is 32.0 Å². The molecule has 0 aromatic carbocycles. The molecular formula is C48H77NO17. The van der Waals surface area contributed by atoms with Gasteiger partial charge in [0, 0.05) is 6.92 Å². The fourth-order valence-electron chi connectivity index (χ4n) is 15.0. The van der Waals surface area contributed by atoms with Crippen molar-refractivity contribution in [3.05, 3.63) is 11.6 Å². The molecule has 8 aliphatic rings. The second-order valence-corrected chi connectivity index (χ2v) is 23.5. The van der Waals surface area contributed by atoms with Crippen LogP contribution in [-0.4, -0.2) is 170 Å². The molecule has 3 aliphatic heterocycles. The topological polar surface area (TPSA) is 284 Å². The highest BCUT2D eigenvalue weighted by Crippen LogP contribution is 2.76. The Hall–Kier alpha value is -1.88. The maximum atomic E-state index is 13.2. The van der Waals surface area contributed by atoms with Gasteiger partial charge in [0.2, 0.25) is 5.91 Å². The Balaban J connectivity index is 1.00. The van der Waals surface area contributed by atoms with Crippen molar-refractivity contribution >= 4 is 11.9 Å². The summed E-state index contributed by atoms with van der Waals surface area (Å²) in [6, 6.07) is -1.17. The minimum Gasteiger partial charge on any atom is -0.481 e. The minimum absolute atomic E-state index is 0.0435. The van der Waals surface area contributed by atoms with E-state index in [0.29, 0.717) is 19.3 Å². The van der Waals surface area contributed by atoms with Crippen LogP contribution >= 0.6 is 0 Å². The molecule has 66 heavy (non-hydrogen) atoms. The molecule has 376 valence electrons. The smallest absolute Gasteiger partial charge is 0.312 e. The van der Waals surface area contributed by atoms with Crippen molar-refractivity contribution in [3.8, 4) is 0 Å². The number of nitrogens with one attached hydrogen (secondary N) is 1. The summed E-state index contributed by atoms with van der Waals surface area (Å²) in [6.45, 7) is 16.0. The molecule has 22 atom stereocenters. The lowest BCUT2D eigenvalue weighted by Gasteiger charge is -2.71. The number of ether oxygens (including phenoxy) is 6. The van der Waals surface area contributed by atoms with Crippen LogP contribution < -0.4 is 5.32 Å². The number of fused-ring (bicyclic) bond motifs is 7. The van der Waals surface area contributed by atoms with Gasteiger partial charge in [-0.05, 0) is 103 Å². The van der Waals surface area contributed by atoms with Crippen molar-refractivity contribution < 1.29 is 84.0 Å². The first kappa shape index (κ1) is 50.5. The number of carboxylic acids is 1. The lowest BCUT2D eigenvalue weighted by atomic mass is 9.33. The molecule has 1 amide bonds. The molecule has 7 fully saturated rings. The van der Waals surface area contributed by atoms with Gasteiger partial charge < -0.3 is 79.7 Å². The van der Waals surface area contributed by atoms with E-state index in [2.05, 4.69) is 59.9 Å². The molecule has 3 heterocycles. The molecule has 3 saturated heterocycles. The quantitative estimate of drug-likeness (QED) is 0.114. The first-order valence-corrected chi connectivity index (χ1v) is 24.2. The lowest BCUT2D eigenvalue weighted by Crippen LogP contribution is -2.68. The molecule has 5 aliphatic carbocycles. The van der Waals surface area contributed by atoms with Crippen molar-refractivity contribution in [1.82, 2.24) is 5.32 Å². The monoisotopic (exact) mass is 940 g/mol. The maximum Gasteiger partial charge on any atom is 0.312 e. The molecule has 0 radical (unpaired) electrons. The highest BCUT2D eigenvalue weighted by molar-refractivity contribution is 5.77. The Morgan fingerprint density at radius 2 is 1.41 bits per heavy atom. The van der Waals surface area contributed by atoms with Crippen LogP contribution in [-0.2, 0) is 38.0 Å². The van der Waals surface area contributed by atoms with Gasteiger partial charge in [0.1, 0.15) is 66.4 Å². The fourth-order valence-corrected chi connectivity index (χ4v) is 15.0. The van der Waals surface area contributed by atoms with Crippen molar-refractivity contribution in [3.63, 3.8) is 0 Å². The summed E-state index contributed by atoms with van der Waals surface area (Å²) in [5.41, 5.74) is -1.25. The zero-order chi connectivity index (χ0) is 48.3. The fraction of sp³-hybridized carbons (Fsp3) is 0.917. The van der Waals surface area contributed by atoms with E-state index in [-0.39, 0.29) is 47.2 Å². The number of hydrogen-bond donors (Lipinski definition) is 10. The van der Waals surface area contributed by atoms with E-state index < -0.39 is 127 Å². The number of rotatable bonds is 9. The number of hydrogen-bond acceptors (Lipinski definition) is 16. The molecule has 0 spiro atoms. The third-order valence-corrected chi connectivity index (χ3v) is 19.0. The van der Waals surface area contributed by atoms with Crippen molar-refractivity contribution in [2.45, 2.75) is 205 Å². The summed E-state index contributed by atoms with van der Waals surface area (Å²) >= 11 is 0. The largest absolute Gasteiger partial charge is 0.481 e. The number of carbonyl (C=O) groups excluding carboxylic acids is 1. The second kappa shape index (κ2) is 17.8. The first-order valence-electron chi connectivity index (χ1n) is 24.2. The average molecular weight is 940 g/mol. The molecule has 10 N–H and O–H groups in total. The standard InChI is InChI=1S/C48H77NO17/c1-22(50)49-32-36(57)35(56)27(21-63-41-38(34(55)26(52)20-62-41)66-40-37(58)33(54)25(51)19-61-40)64-39(32)65-31-12-13-45(6)28(44(31,4)5)11-14-46(7)29(45)10-9-23-24-17-43(2,3)15-16-48(24,42(59)60)30(53)18-47(23,46)8/h9,24-41,51-58H,10-21H2,1-8H3,(H,49,50)(H,59,60)/t24-,25+,26-,27+,28-,29+,30+,31-,32+,33-,34-,35+,36+,37+,38+,39-,40-,41+,45-,46+,47+,48+/m0/s1. The summed E-state index contributed by atoms with van der Waals surface area (Å²) in [6.07, 6.45) is -10.5. The number of aliphatic hydroxyl groups excluding tert-OH is 8. The molecule has 18 nitrogen and oxygen atoms in total. The predicted molar refractivity (Wildman–Crippen MR) is 232 cm³/mol. The number of aliphatic hydroxyl groups is 8. The molecule has 0 aromatic heterocycles. The van der Waals surface area contributed by atoms with Crippen LogP contribution in [0.15, 0.2) is 11.6 Å². The highest BCUT2D eigenvalue weighted by Gasteiger charge is 2.71. The predicted octanol–water partition coefficient (Wildman–Crippen LogP) is 1.10. The second-order valence-electron chi connectivity index (χ2n) is 23.5. The van der Waals surface area contributed by atoms with E-state index in [9.17, 15) is 55.5 Å². The summed E-state index contributed by atoms with van der Waals surface area (Å²) in [5.74, 6) is -1.21. The van der Waals surface area contributed by atoms with E-state index in [1.165, 1.54) is 12.5 Å². The molecule has 8 rings (SSSR count). The van der Waals surface area contributed by atoms with Crippen LogP contribution in [0.1, 0.15) is 113 Å². The van der Waals surface area contributed by atoms with E-state index in [1.807, 2.05) is 0 Å². The Labute approximate surface area is 387 Å². The van der Waals surface area contributed by atoms with Crippen molar-refractivity contribution in [2.75, 3.05) is 19.8 Å². The van der Waals surface area contributed by atoms with Gasteiger partial charge in [0.25, 0.3) is 0 Å². The Kier molecular flexibility index (Phi) is 13.6. The normalized spacial score (nSPS) is 52.1. The number of allylic oxidation sites excluding steroid dienone is 2. The highest BCUT2D eigenvalue weighted by atomic mass is 16.8. The van der Waals surface area contributed by atoms with Crippen LogP contribution in [0.4, 0.5) is 0 Å². The number of carboxylic acid groups (broad SMARTS) is 1. The summed E-state index contributed by atoms with van der Waals surface area (Å²) in [4.78, 5) is 25.7. The maximum absolute atomic E-state index is 13.2. The third-order valence-electron chi connectivity index (χ3n) is 19.0. The Morgan fingerprint density at radius 3 is 2.08 bits per heavy atom. The van der Waals surface area contributed by atoms with Gasteiger partial charge in [-0.2, -0.15) is 0 Å². The van der Waals surface area contributed by atoms with Crippen molar-refractivity contribution in [2.24, 2.45) is 50.2 Å². The number of amides is 1. The van der Waals surface area contributed by atoms with E-state index >= 15 is 0 Å². The van der Waals surface area contributed by atoms with Gasteiger partial charge in [0.15, 0.2) is 18.9 Å². The van der Waals surface area contributed by atoms with E-state index in [4.69, 9.17) is 28.4 Å². The summed E-state index contributed by atoms with van der Waals surface area (Å²) in [5, 5.41) is 100. The van der Waals surface area contributed by atoms with Gasteiger partial charge in [-0.1, -0.05) is 60.1 Å². The Bertz CT molecular complexity index is 1850. The number of aliphatic carboxylic acids is 1. The van der Waals surface area contributed by atoms with Gasteiger partial charge in [-0.3, -0.25) is 9.59 Å². The first-order chi connectivity index (χ1) is 30.7. The molecular weight excluding hydrogens is 863 g/mol. The van der Waals surface area contributed by atoms with Gasteiger partial charge in [-0.25, -0.2) is 0 Å². The third kappa shape index (κ3) is 8.02.